The first kappa shape index (κ1) is 45.8. The largest absolute Gasteiger partial charge is 0.455 e. The van der Waals surface area contributed by atoms with Crippen LogP contribution in [-0.4, -0.2) is 8.07 Å². The van der Waals surface area contributed by atoms with Crippen molar-refractivity contribution in [3.05, 3.63) is 309 Å². The van der Waals surface area contributed by atoms with Crippen LogP contribution >= 0.6 is 0 Å². The average molecular weight is 998 g/mol. The van der Waals surface area contributed by atoms with E-state index < -0.39 is 8.07 Å². The Hall–Kier alpha value is -9.80. The van der Waals surface area contributed by atoms with Gasteiger partial charge in [0.15, 0.2) is 8.07 Å². The van der Waals surface area contributed by atoms with Crippen molar-refractivity contribution in [3.63, 3.8) is 0 Å². The molecule has 0 bridgehead atoms. The van der Waals surface area contributed by atoms with Gasteiger partial charge in [0.2, 0.25) is 0 Å². The number of furan rings is 1. The highest BCUT2D eigenvalue weighted by Gasteiger charge is 2.41. The maximum Gasteiger partial charge on any atom is 0.179 e. The molecule has 0 radical (unpaired) electrons. The fourth-order valence-corrected chi connectivity index (χ4v) is 16.7. The Morgan fingerprint density at radius 1 is 0.260 bits per heavy atom. The lowest BCUT2D eigenvalue weighted by Gasteiger charge is -2.35. The van der Waals surface area contributed by atoms with E-state index in [9.17, 15) is 0 Å². The van der Waals surface area contributed by atoms with Crippen LogP contribution < -0.4 is 25.6 Å². The second kappa shape index (κ2) is 19.5. The number of benzene rings is 13. The molecule has 77 heavy (non-hydrogen) atoms. The fraction of sp³-hybridized carbons (Fsp3) is 0. The van der Waals surface area contributed by atoms with Gasteiger partial charge in [0.05, 0.1) is 0 Å². The van der Waals surface area contributed by atoms with Gasteiger partial charge in [-0.3, -0.25) is 0 Å². The molecule has 362 valence electrons. The van der Waals surface area contributed by atoms with Crippen LogP contribution in [0.3, 0.4) is 0 Å². The van der Waals surface area contributed by atoms with E-state index in [2.05, 4.69) is 314 Å². The van der Waals surface area contributed by atoms with Gasteiger partial charge in [-0.25, -0.2) is 0 Å². The molecule has 0 aliphatic carbocycles. The van der Waals surface area contributed by atoms with Crippen molar-refractivity contribution < 1.29 is 4.42 Å². The molecule has 14 aromatic rings. The standard InChI is InChI=1S/C74H51NOSi/c1-6-21-55(22-7-1)71-72-68-33-19-18-32-67(68)70-51-59(40-49-69(70)74(72)76-73(71)56-23-8-2-9-24-56)54-38-43-61(44-39-54)75(60-41-36-53(37-42-60)58-35-34-52-20-16-17-25-57(52)50-58)62-45-47-66(48-46-62)77(63-26-10-3-11-27-63,64-28-12-4-13-29-64)65-30-14-5-15-31-65/h1-51H. The number of hydrogen-bond donors (Lipinski definition) is 0. The predicted molar refractivity (Wildman–Crippen MR) is 329 cm³/mol. The summed E-state index contributed by atoms with van der Waals surface area (Å²) in [4.78, 5) is 2.39. The van der Waals surface area contributed by atoms with Crippen LogP contribution in [-0.2, 0) is 0 Å². The summed E-state index contributed by atoms with van der Waals surface area (Å²) in [5, 5.41) is 13.6. The van der Waals surface area contributed by atoms with Crippen LogP contribution in [0.1, 0.15) is 0 Å². The van der Waals surface area contributed by atoms with Crippen molar-refractivity contribution in [2.24, 2.45) is 0 Å². The second-order valence-electron chi connectivity index (χ2n) is 19.9. The van der Waals surface area contributed by atoms with Crippen LogP contribution in [0.2, 0.25) is 0 Å². The third-order valence-corrected chi connectivity index (χ3v) is 20.4. The summed E-state index contributed by atoms with van der Waals surface area (Å²) in [7, 11) is -2.74. The van der Waals surface area contributed by atoms with Crippen molar-refractivity contribution >= 4 is 89.2 Å². The molecule has 3 heteroatoms. The fourth-order valence-electron chi connectivity index (χ4n) is 12.0. The molecule has 14 rings (SSSR count). The van der Waals surface area contributed by atoms with E-state index in [1.807, 2.05) is 0 Å². The SMILES string of the molecule is c1ccc(-c2oc3c4ccc(-c5ccc(N(c6ccc(-c7ccc8ccccc8c7)cc6)c6ccc([Si](c7ccccc7)(c7ccccc7)c7ccccc7)cc6)cc5)cc4c4ccccc4c3c2-c2ccccc2)cc1. The van der Waals surface area contributed by atoms with Crippen LogP contribution in [0.5, 0.6) is 0 Å². The Labute approximate surface area is 450 Å². The molecule has 13 aromatic carbocycles. The highest BCUT2D eigenvalue weighted by Crippen LogP contribution is 2.48. The molecule has 0 spiro atoms. The summed E-state index contributed by atoms with van der Waals surface area (Å²) >= 11 is 0. The monoisotopic (exact) mass is 997 g/mol. The normalized spacial score (nSPS) is 11.6. The zero-order valence-corrected chi connectivity index (χ0v) is 43.3. The van der Waals surface area contributed by atoms with E-state index in [0.717, 1.165) is 72.4 Å². The van der Waals surface area contributed by atoms with Gasteiger partial charge in [-0.15, -0.1) is 0 Å². The number of hydrogen-bond acceptors (Lipinski definition) is 2. The predicted octanol–water partition coefficient (Wildman–Crippen LogP) is 17.4. The highest BCUT2D eigenvalue weighted by molar-refractivity contribution is 7.19. The van der Waals surface area contributed by atoms with E-state index >= 15 is 0 Å². The summed E-state index contributed by atoms with van der Waals surface area (Å²) < 4.78 is 7.07. The Bertz CT molecular complexity index is 4290. The molecule has 0 saturated heterocycles. The van der Waals surface area contributed by atoms with Gasteiger partial charge in [0, 0.05) is 39.0 Å². The first-order valence-electron chi connectivity index (χ1n) is 26.5. The van der Waals surface area contributed by atoms with E-state index in [4.69, 9.17) is 4.42 Å². The minimum absolute atomic E-state index is 0.886. The van der Waals surface area contributed by atoms with E-state index in [0.29, 0.717) is 0 Å². The lowest BCUT2D eigenvalue weighted by atomic mass is 9.91. The summed E-state index contributed by atoms with van der Waals surface area (Å²) in [6.07, 6.45) is 0. The molecule has 2 nitrogen and oxygen atoms in total. The molecule has 1 heterocycles. The van der Waals surface area contributed by atoms with Gasteiger partial charge >= 0.3 is 0 Å². The van der Waals surface area contributed by atoms with Crippen LogP contribution in [0.15, 0.2) is 314 Å². The lowest BCUT2D eigenvalue weighted by Crippen LogP contribution is -2.74. The molecule has 1 aromatic heterocycles. The minimum Gasteiger partial charge on any atom is -0.455 e. The number of rotatable bonds is 11. The first-order chi connectivity index (χ1) is 38.2. The molecule has 0 unspecified atom stereocenters. The third kappa shape index (κ3) is 8.04. The van der Waals surface area contributed by atoms with Gasteiger partial charge in [0.25, 0.3) is 0 Å². The molecule has 0 atom stereocenters. The van der Waals surface area contributed by atoms with Gasteiger partial charge in [-0.05, 0) is 130 Å². The molecule has 0 N–H and O–H groups in total. The number of nitrogens with zero attached hydrogens (tertiary/aromatic N) is 1. The first-order valence-corrected chi connectivity index (χ1v) is 28.5. The van der Waals surface area contributed by atoms with Crippen molar-refractivity contribution in [2.45, 2.75) is 0 Å². The Balaban J connectivity index is 0.891. The number of fused-ring (bicyclic) bond motifs is 7. The lowest BCUT2D eigenvalue weighted by molar-refractivity contribution is 0.636. The van der Waals surface area contributed by atoms with Gasteiger partial charge in [0.1, 0.15) is 11.3 Å². The summed E-state index contributed by atoms with van der Waals surface area (Å²) in [5.74, 6) is 0.886. The van der Waals surface area contributed by atoms with Crippen LogP contribution in [0.4, 0.5) is 17.1 Å². The minimum atomic E-state index is -2.74. The van der Waals surface area contributed by atoms with Gasteiger partial charge < -0.3 is 9.32 Å². The van der Waals surface area contributed by atoms with Gasteiger partial charge in [-0.2, -0.15) is 0 Å². The summed E-state index contributed by atoms with van der Waals surface area (Å²) in [6, 6.07) is 113. The second-order valence-corrected chi connectivity index (χ2v) is 23.7. The Kier molecular flexibility index (Phi) is 11.6. The van der Waals surface area contributed by atoms with Crippen molar-refractivity contribution in [1.82, 2.24) is 0 Å². The molecule has 0 saturated carbocycles. The molecule has 0 amide bonds. The maximum absolute atomic E-state index is 7.07. The van der Waals surface area contributed by atoms with Crippen molar-refractivity contribution in [1.29, 1.82) is 0 Å². The molecular formula is C74H51NOSi. The number of anilines is 3. The van der Waals surface area contributed by atoms with E-state index in [1.54, 1.807) is 0 Å². The topological polar surface area (TPSA) is 16.4 Å². The Morgan fingerprint density at radius 3 is 1.23 bits per heavy atom. The zero-order valence-electron chi connectivity index (χ0n) is 42.3. The zero-order chi connectivity index (χ0) is 51.1. The van der Waals surface area contributed by atoms with Crippen molar-refractivity contribution in [3.8, 4) is 44.7 Å². The van der Waals surface area contributed by atoms with E-state index in [1.165, 1.54) is 53.4 Å². The van der Waals surface area contributed by atoms with Gasteiger partial charge in [-0.1, -0.05) is 255 Å². The van der Waals surface area contributed by atoms with E-state index in [-0.39, 0.29) is 0 Å². The Morgan fingerprint density at radius 2 is 0.675 bits per heavy atom. The molecule has 0 aliphatic rings. The molecule has 0 aliphatic heterocycles. The molecule has 0 fully saturated rings. The molecular weight excluding hydrogens is 947 g/mol. The average Bonchev–Trinajstić information content (AvgIpc) is 4.01. The third-order valence-electron chi connectivity index (χ3n) is 15.6. The summed E-state index contributed by atoms with van der Waals surface area (Å²) in [6.45, 7) is 0. The van der Waals surface area contributed by atoms with Crippen molar-refractivity contribution in [2.75, 3.05) is 4.90 Å². The maximum atomic E-state index is 7.07. The van der Waals surface area contributed by atoms with Crippen LogP contribution in [0.25, 0.3) is 88.0 Å². The van der Waals surface area contributed by atoms with Crippen LogP contribution in [0, 0.1) is 0 Å². The highest BCUT2D eigenvalue weighted by atomic mass is 28.3. The quantitative estimate of drug-likeness (QED) is 0.0729. The summed E-state index contributed by atoms with van der Waals surface area (Å²) in [5.41, 5.74) is 12.1. The smallest absolute Gasteiger partial charge is 0.179 e.